The average molecular weight is 467 g/mol. The Morgan fingerprint density at radius 3 is 2.00 bits per heavy atom. The summed E-state index contributed by atoms with van der Waals surface area (Å²) in [6, 6.07) is 0. The summed E-state index contributed by atoms with van der Waals surface area (Å²) >= 11 is 0. The van der Waals surface area contributed by atoms with Crippen molar-refractivity contribution in [3.8, 4) is 0 Å². The summed E-state index contributed by atoms with van der Waals surface area (Å²) in [7, 11) is 0. The van der Waals surface area contributed by atoms with E-state index in [1.165, 1.54) is 136 Å². The van der Waals surface area contributed by atoms with Crippen LogP contribution in [0.4, 0.5) is 0 Å². The number of fused-ring (bicyclic) bond motifs is 10. The molecule has 0 N–H and O–H groups in total. The molecule has 0 aromatic heterocycles. The van der Waals surface area contributed by atoms with Gasteiger partial charge >= 0.3 is 0 Å². The van der Waals surface area contributed by atoms with E-state index < -0.39 is 0 Å². The zero-order valence-electron chi connectivity index (χ0n) is 22.2. The van der Waals surface area contributed by atoms with E-state index in [0.29, 0.717) is 0 Å². The lowest BCUT2D eigenvalue weighted by molar-refractivity contribution is 0.0203. The van der Waals surface area contributed by atoms with E-state index in [4.69, 9.17) is 0 Å². The molecule has 2 fully saturated rings. The van der Waals surface area contributed by atoms with Crippen molar-refractivity contribution in [2.75, 3.05) is 39.3 Å². The summed E-state index contributed by atoms with van der Waals surface area (Å²) in [5.41, 5.74) is 0. The molecule has 2 nitrogen and oxygen atoms in total. The van der Waals surface area contributed by atoms with Gasteiger partial charge < -0.3 is 9.80 Å². The van der Waals surface area contributed by atoms with Gasteiger partial charge in [0.15, 0.2) is 0 Å². The van der Waals surface area contributed by atoms with Crippen molar-refractivity contribution in [2.45, 2.75) is 103 Å². The first-order chi connectivity index (χ1) is 16.9. The van der Waals surface area contributed by atoms with Gasteiger partial charge in [-0.25, -0.2) is 0 Å². The summed E-state index contributed by atoms with van der Waals surface area (Å²) in [6.45, 7) is 8.05. The molecule has 0 saturated carbocycles. The van der Waals surface area contributed by atoms with Crippen LogP contribution in [0.5, 0.6) is 0 Å². The second kappa shape index (κ2) is 15.3. The number of hydrogen-bond acceptors (Lipinski definition) is 2. The van der Waals surface area contributed by atoms with Gasteiger partial charge in [-0.05, 0) is 101 Å². The lowest BCUT2D eigenvalue weighted by Crippen LogP contribution is -2.49. The van der Waals surface area contributed by atoms with Crippen molar-refractivity contribution in [1.82, 2.24) is 9.80 Å². The van der Waals surface area contributed by atoms with E-state index in [-0.39, 0.29) is 0 Å². The van der Waals surface area contributed by atoms with Gasteiger partial charge in [0.05, 0.1) is 0 Å². The van der Waals surface area contributed by atoms with E-state index in [9.17, 15) is 0 Å². The van der Waals surface area contributed by atoms with Gasteiger partial charge in [0.1, 0.15) is 0 Å². The van der Waals surface area contributed by atoms with Gasteiger partial charge in [-0.2, -0.15) is 0 Å². The van der Waals surface area contributed by atoms with Crippen LogP contribution in [0.15, 0.2) is 36.5 Å². The molecule has 0 amide bonds. The molecular formula is C32H54N2. The fourth-order valence-corrected chi connectivity index (χ4v) is 7.46. The maximum absolute atomic E-state index is 2.89. The summed E-state index contributed by atoms with van der Waals surface area (Å²) in [4.78, 5) is 5.72. The Hall–Kier alpha value is -0.860. The fourth-order valence-electron chi connectivity index (χ4n) is 7.46. The number of hydrogen-bond donors (Lipinski definition) is 0. The van der Waals surface area contributed by atoms with Crippen molar-refractivity contribution in [3.63, 3.8) is 0 Å². The van der Waals surface area contributed by atoms with E-state index >= 15 is 0 Å². The molecule has 2 heteroatoms. The van der Waals surface area contributed by atoms with Crippen LogP contribution in [0.2, 0.25) is 0 Å². The van der Waals surface area contributed by atoms with Crippen LogP contribution in [0.3, 0.4) is 0 Å². The van der Waals surface area contributed by atoms with Crippen LogP contribution in [-0.4, -0.2) is 49.1 Å². The monoisotopic (exact) mass is 466 g/mol. The molecule has 34 heavy (non-hydrogen) atoms. The molecule has 0 radical (unpaired) electrons. The minimum Gasteiger partial charge on any atom is -0.303 e. The predicted molar refractivity (Wildman–Crippen MR) is 148 cm³/mol. The molecule has 6 bridgehead atoms. The van der Waals surface area contributed by atoms with Crippen LogP contribution < -0.4 is 0 Å². The lowest BCUT2D eigenvalue weighted by Gasteiger charge is -2.47. The summed E-state index contributed by atoms with van der Waals surface area (Å²) in [5, 5.41) is 0. The van der Waals surface area contributed by atoms with Crippen molar-refractivity contribution < 1.29 is 0 Å². The molecule has 5 heterocycles. The Morgan fingerprint density at radius 2 is 1.12 bits per heavy atom. The first-order valence-electron chi connectivity index (χ1n) is 15.3. The van der Waals surface area contributed by atoms with Gasteiger partial charge in [-0.15, -0.1) is 0 Å². The fraction of sp³-hybridized carbons (Fsp3) is 0.812. The largest absolute Gasteiger partial charge is 0.303 e. The van der Waals surface area contributed by atoms with Crippen molar-refractivity contribution in [3.05, 3.63) is 36.5 Å². The van der Waals surface area contributed by atoms with Crippen molar-refractivity contribution in [2.24, 2.45) is 23.7 Å². The second-order valence-corrected chi connectivity index (χ2v) is 12.0. The molecule has 192 valence electrons. The minimum absolute atomic E-state index is 0.935. The third-order valence-corrected chi connectivity index (χ3v) is 9.30. The zero-order chi connectivity index (χ0) is 23.3. The molecule has 6 atom stereocenters. The molecular weight excluding hydrogens is 412 g/mol. The molecule has 5 rings (SSSR count). The van der Waals surface area contributed by atoms with E-state index in [0.717, 1.165) is 30.1 Å². The van der Waals surface area contributed by atoms with Crippen molar-refractivity contribution in [1.29, 1.82) is 0 Å². The first kappa shape index (κ1) is 26.2. The Kier molecular flexibility index (Phi) is 11.8. The highest BCUT2D eigenvalue weighted by Crippen LogP contribution is 2.40. The summed E-state index contributed by atoms with van der Waals surface area (Å²) in [5.74, 6) is 3.80. The van der Waals surface area contributed by atoms with Gasteiger partial charge in [-0.3, -0.25) is 0 Å². The highest BCUT2D eigenvalue weighted by atomic mass is 15.1. The van der Waals surface area contributed by atoms with E-state index in [1.54, 1.807) is 0 Å². The Bertz CT molecular complexity index is 635. The summed E-state index contributed by atoms with van der Waals surface area (Å²) in [6.07, 6.45) is 36.8. The lowest BCUT2D eigenvalue weighted by atomic mass is 9.69. The standard InChI is InChI=1S/C32H54N2/c1-2-5-10-14-18-23-34-26-29-19-15-11-7-4-6-9-13-17-22-33-24-21-32(31(25-29)28-34)30(27-33)20-16-12-8-3-1/h1-2,9-10,13-14,29-32H,3-8,11-12,15-28H2. The number of allylic oxidation sites excluding steroid dienone is 4. The van der Waals surface area contributed by atoms with Crippen LogP contribution in [-0.2, 0) is 0 Å². The van der Waals surface area contributed by atoms with E-state index in [1.807, 2.05) is 0 Å². The maximum Gasteiger partial charge on any atom is 0.00161 e. The highest BCUT2D eigenvalue weighted by Gasteiger charge is 2.38. The first-order valence-corrected chi connectivity index (χ1v) is 15.3. The normalized spacial score (nSPS) is 37.4. The molecule has 0 spiro atoms. The zero-order valence-corrected chi connectivity index (χ0v) is 22.2. The molecule has 5 aliphatic rings. The quantitative estimate of drug-likeness (QED) is 0.333. The molecule has 2 saturated heterocycles. The SMILES string of the molecule is C1=CCCCCCC2CN3CCC=CCCCCCCC4CC(CN(CCC=CC1)C4)C2CC3. The smallest absolute Gasteiger partial charge is 0.00161 e. The maximum atomic E-state index is 2.89. The second-order valence-electron chi connectivity index (χ2n) is 12.0. The number of nitrogens with zero attached hydrogens (tertiary/aromatic N) is 2. The van der Waals surface area contributed by atoms with Gasteiger partial charge in [0, 0.05) is 32.7 Å². The number of piperidine rings is 2. The summed E-state index contributed by atoms with van der Waals surface area (Å²) < 4.78 is 0. The van der Waals surface area contributed by atoms with Crippen LogP contribution in [0.1, 0.15) is 103 Å². The topological polar surface area (TPSA) is 6.48 Å². The minimum atomic E-state index is 0.935. The van der Waals surface area contributed by atoms with E-state index in [2.05, 4.69) is 46.3 Å². The Morgan fingerprint density at radius 1 is 0.471 bits per heavy atom. The molecule has 0 aromatic carbocycles. The molecule has 5 aliphatic heterocycles. The van der Waals surface area contributed by atoms with Gasteiger partial charge in [-0.1, -0.05) is 68.6 Å². The molecule has 0 aliphatic carbocycles. The third-order valence-electron chi connectivity index (χ3n) is 9.30. The average Bonchev–Trinajstić information content (AvgIpc) is 2.85. The van der Waals surface area contributed by atoms with Crippen LogP contribution >= 0.6 is 0 Å². The highest BCUT2D eigenvalue weighted by molar-refractivity contribution is 4.95. The van der Waals surface area contributed by atoms with Gasteiger partial charge in [0.25, 0.3) is 0 Å². The van der Waals surface area contributed by atoms with Crippen molar-refractivity contribution >= 4 is 0 Å². The van der Waals surface area contributed by atoms with Crippen LogP contribution in [0.25, 0.3) is 0 Å². The number of rotatable bonds is 0. The Labute approximate surface area is 211 Å². The Balaban J connectivity index is 1.48. The van der Waals surface area contributed by atoms with Crippen LogP contribution in [0, 0.1) is 23.7 Å². The van der Waals surface area contributed by atoms with Gasteiger partial charge in [0.2, 0.25) is 0 Å². The predicted octanol–water partition coefficient (Wildman–Crippen LogP) is 8.02. The third kappa shape index (κ3) is 8.98. The molecule has 0 aromatic rings. The molecule has 6 unspecified atom stereocenters.